The largest absolute Gasteiger partial charge is 0.451 e. The van der Waals surface area contributed by atoms with Crippen LogP contribution in [0.4, 0.5) is 0 Å². The number of hydrogen-bond acceptors (Lipinski definition) is 4. The van der Waals surface area contributed by atoms with E-state index < -0.39 is 0 Å². The molecule has 2 aromatic heterocycles. The highest BCUT2D eigenvalue weighted by molar-refractivity contribution is 7.10. The van der Waals surface area contributed by atoms with E-state index in [1.54, 1.807) is 17.6 Å². The van der Waals surface area contributed by atoms with Gasteiger partial charge >= 0.3 is 0 Å². The molecule has 0 aliphatic heterocycles. The van der Waals surface area contributed by atoms with E-state index in [1.807, 2.05) is 0 Å². The van der Waals surface area contributed by atoms with Crippen LogP contribution in [-0.4, -0.2) is 9.97 Å². The predicted molar refractivity (Wildman–Crippen MR) is 54.2 cm³/mol. The molecule has 3 nitrogen and oxygen atoms in total. The molecular formula is C10H10N2OS. The fraction of sp³-hybridized carbons (Fsp3) is 0.400. The molecule has 72 valence electrons. The molecule has 0 N–H and O–H groups in total. The molecule has 2 heterocycles. The van der Waals surface area contributed by atoms with Crippen molar-refractivity contribution in [1.82, 2.24) is 9.97 Å². The lowest BCUT2D eigenvalue weighted by atomic mass is 9.86. The van der Waals surface area contributed by atoms with Gasteiger partial charge in [-0.05, 0) is 12.8 Å². The standard InChI is InChI=1S/C10H10N2OS/c1-2-7(3-1)10-12-9(5-14-10)8-4-13-6-11-8/h4-7H,1-3H2. The molecule has 3 rings (SSSR count). The number of aromatic nitrogens is 2. The first-order valence-corrected chi connectivity index (χ1v) is 5.65. The summed E-state index contributed by atoms with van der Waals surface area (Å²) in [6.07, 6.45) is 7.03. The number of oxazole rings is 1. The molecule has 0 unspecified atom stereocenters. The van der Waals surface area contributed by atoms with Crippen molar-refractivity contribution in [2.45, 2.75) is 25.2 Å². The Morgan fingerprint density at radius 2 is 2.29 bits per heavy atom. The maximum absolute atomic E-state index is 4.93. The van der Waals surface area contributed by atoms with Gasteiger partial charge in [-0.25, -0.2) is 9.97 Å². The topological polar surface area (TPSA) is 38.9 Å². The Kier molecular flexibility index (Phi) is 1.87. The Morgan fingerprint density at radius 1 is 1.36 bits per heavy atom. The van der Waals surface area contributed by atoms with Crippen LogP contribution in [0, 0.1) is 0 Å². The van der Waals surface area contributed by atoms with Crippen molar-refractivity contribution < 1.29 is 4.42 Å². The van der Waals surface area contributed by atoms with Crippen LogP contribution in [0.25, 0.3) is 11.4 Å². The SMILES string of the molecule is c1nc(-c2csc(C3CCC3)n2)co1. The van der Waals surface area contributed by atoms with Gasteiger partial charge in [-0.2, -0.15) is 0 Å². The minimum absolute atomic E-state index is 0.709. The Labute approximate surface area is 85.8 Å². The quantitative estimate of drug-likeness (QED) is 0.758. The fourth-order valence-electron chi connectivity index (χ4n) is 1.59. The minimum atomic E-state index is 0.709. The molecule has 4 heteroatoms. The van der Waals surface area contributed by atoms with E-state index in [0.29, 0.717) is 5.92 Å². The summed E-state index contributed by atoms with van der Waals surface area (Å²) in [6.45, 7) is 0. The van der Waals surface area contributed by atoms with E-state index in [4.69, 9.17) is 4.42 Å². The molecular weight excluding hydrogens is 196 g/mol. The first-order chi connectivity index (χ1) is 6.93. The van der Waals surface area contributed by atoms with Crippen molar-refractivity contribution in [2.75, 3.05) is 0 Å². The number of hydrogen-bond donors (Lipinski definition) is 0. The van der Waals surface area contributed by atoms with Crippen molar-refractivity contribution in [2.24, 2.45) is 0 Å². The van der Waals surface area contributed by atoms with E-state index in [0.717, 1.165) is 11.4 Å². The predicted octanol–water partition coefficient (Wildman–Crippen LogP) is 3.07. The van der Waals surface area contributed by atoms with E-state index in [1.165, 1.54) is 30.7 Å². The smallest absolute Gasteiger partial charge is 0.181 e. The lowest BCUT2D eigenvalue weighted by Gasteiger charge is -2.22. The molecule has 0 atom stereocenters. The van der Waals surface area contributed by atoms with Crippen LogP contribution in [0.2, 0.25) is 0 Å². The van der Waals surface area contributed by atoms with E-state index >= 15 is 0 Å². The molecule has 0 radical (unpaired) electrons. The Balaban J connectivity index is 1.90. The van der Waals surface area contributed by atoms with Crippen molar-refractivity contribution in [1.29, 1.82) is 0 Å². The summed E-state index contributed by atoms with van der Waals surface area (Å²) >= 11 is 1.74. The van der Waals surface area contributed by atoms with Gasteiger partial charge in [-0.1, -0.05) is 6.42 Å². The molecule has 0 aromatic carbocycles. The summed E-state index contributed by atoms with van der Waals surface area (Å²) in [5.74, 6) is 0.709. The van der Waals surface area contributed by atoms with Gasteiger partial charge in [-0.3, -0.25) is 0 Å². The fourth-order valence-corrected chi connectivity index (χ4v) is 2.57. The maximum Gasteiger partial charge on any atom is 0.181 e. The van der Waals surface area contributed by atoms with Crippen LogP contribution in [0.1, 0.15) is 30.2 Å². The van der Waals surface area contributed by atoms with Gasteiger partial charge in [0.05, 0.1) is 5.01 Å². The summed E-state index contributed by atoms with van der Waals surface area (Å²) in [5.41, 5.74) is 1.79. The highest BCUT2D eigenvalue weighted by Gasteiger charge is 2.22. The Bertz CT molecular complexity index is 417. The second kappa shape index (κ2) is 3.20. The second-order valence-electron chi connectivity index (χ2n) is 3.57. The van der Waals surface area contributed by atoms with Gasteiger partial charge < -0.3 is 4.42 Å². The molecule has 0 bridgehead atoms. The maximum atomic E-state index is 4.93. The van der Waals surface area contributed by atoms with Gasteiger partial charge in [0, 0.05) is 11.3 Å². The molecule has 0 amide bonds. The molecule has 0 spiro atoms. The van der Waals surface area contributed by atoms with E-state index in [2.05, 4.69) is 15.3 Å². The zero-order chi connectivity index (χ0) is 9.38. The summed E-state index contributed by atoms with van der Waals surface area (Å²) in [4.78, 5) is 8.65. The van der Waals surface area contributed by atoms with Gasteiger partial charge in [0.25, 0.3) is 0 Å². The average molecular weight is 206 g/mol. The number of nitrogens with zero attached hydrogens (tertiary/aromatic N) is 2. The molecule has 1 aliphatic carbocycles. The molecule has 1 saturated carbocycles. The number of thiazole rings is 1. The first kappa shape index (κ1) is 8.17. The van der Waals surface area contributed by atoms with Crippen LogP contribution in [0.3, 0.4) is 0 Å². The highest BCUT2D eigenvalue weighted by Crippen LogP contribution is 2.38. The van der Waals surface area contributed by atoms with Crippen molar-refractivity contribution in [3.05, 3.63) is 23.0 Å². The second-order valence-corrected chi connectivity index (χ2v) is 4.46. The van der Waals surface area contributed by atoms with Crippen LogP contribution >= 0.6 is 11.3 Å². The Morgan fingerprint density at radius 3 is 2.93 bits per heavy atom. The summed E-state index contributed by atoms with van der Waals surface area (Å²) in [6, 6.07) is 0. The van der Waals surface area contributed by atoms with Crippen LogP contribution in [0.15, 0.2) is 22.5 Å². The lowest BCUT2D eigenvalue weighted by molar-refractivity contribution is 0.418. The third-order valence-electron chi connectivity index (χ3n) is 2.67. The van der Waals surface area contributed by atoms with Gasteiger partial charge in [0.2, 0.25) is 0 Å². The van der Waals surface area contributed by atoms with Gasteiger partial charge in [-0.15, -0.1) is 11.3 Å². The van der Waals surface area contributed by atoms with Crippen LogP contribution in [0.5, 0.6) is 0 Å². The van der Waals surface area contributed by atoms with E-state index in [9.17, 15) is 0 Å². The first-order valence-electron chi connectivity index (χ1n) is 4.77. The van der Waals surface area contributed by atoms with Crippen molar-refractivity contribution in [3.8, 4) is 11.4 Å². The minimum Gasteiger partial charge on any atom is -0.451 e. The average Bonchev–Trinajstić information content (AvgIpc) is 2.65. The summed E-state index contributed by atoms with van der Waals surface area (Å²) in [7, 11) is 0. The zero-order valence-electron chi connectivity index (χ0n) is 7.64. The van der Waals surface area contributed by atoms with Gasteiger partial charge in [0.1, 0.15) is 17.7 Å². The molecule has 1 fully saturated rings. The molecule has 14 heavy (non-hydrogen) atoms. The highest BCUT2D eigenvalue weighted by atomic mass is 32.1. The number of rotatable bonds is 2. The third-order valence-corrected chi connectivity index (χ3v) is 3.68. The summed E-state index contributed by atoms with van der Waals surface area (Å²) < 4.78 is 4.93. The van der Waals surface area contributed by atoms with E-state index in [-0.39, 0.29) is 0 Å². The molecule has 1 aliphatic rings. The lowest BCUT2D eigenvalue weighted by Crippen LogP contribution is -2.07. The van der Waals surface area contributed by atoms with Gasteiger partial charge in [0.15, 0.2) is 6.39 Å². The van der Waals surface area contributed by atoms with Crippen molar-refractivity contribution >= 4 is 11.3 Å². The van der Waals surface area contributed by atoms with Crippen LogP contribution in [-0.2, 0) is 0 Å². The zero-order valence-corrected chi connectivity index (χ0v) is 8.46. The Hall–Kier alpha value is -1.16. The molecule has 2 aromatic rings. The molecule has 0 saturated heterocycles. The monoisotopic (exact) mass is 206 g/mol. The van der Waals surface area contributed by atoms with Crippen LogP contribution < -0.4 is 0 Å². The van der Waals surface area contributed by atoms with Crippen molar-refractivity contribution in [3.63, 3.8) is 0 Å². The normalized spacial score (nSPS) is 16.9. The third kappa shape index (κ3) is 1.26. The summed E-state index contributed by atoms with van der Waals surface area (Å²) in [5, 5.41) is 3.32.